The number of nitrogens with two attached hydrogens (primary N) is 1. The highest BCUT2D eigenvalue weighted by atomic mass is 16.5. The van der Waals surface area contributed by atoms with Crippen molar-refractivity contribution in [1.29, 1.82) is 0 Å². The third kappa shape index (κ3) is 2.08. The van der Waals surface area contributed by atoms with Gasteiger partial charge in [0.15, 0.2) is 6.10 Å². The minimum Gasteiger partial charge on any atom is -0.479 e. The molecular formula is C15H17N3O3. The SMILES string of the molecule is Cc1onc(-c2ccc3c(c2)N(C)C(=O)C(C)O3)c1CN. The van der Waals surface area contributed by atoms with Crippen LogP contribution in [0.25, 0.3) is 11.3 Å². The third-order valence-electron chi connectivity index (χ3n) is 3.76. The van der Waals surface area contributed by atoms with Crippen LogP contribution in [0.15, 0.2) is 22.7 Å². The average Bonchev–Trinajstić information content (AvgIpc) is 2.85. The maximum Gasteiger partial charge on any atom is 0.267 e. The number of ether oxygens (including phenoxy) is 1. The molecule has 0 bridgehead atoms. The van der Waals surface area contributed by atoms with Gasteiger partial charge >= 0.3 is 0 Å². The van der Waals surface area contributed by atoms with Crippen LogP contribution >= 0.6 is 0 Å². The molecule has 1 aliphatic rings. The highest BCUT2D eigenvalue weighted by molar-refractivity contribution is 6.00. The highest BCUT2D eigenvalue weighted by Gasteiger charge is 2.29. The van der Waals surface area contributed by atoms with Crippen molar-refractivity contribution in [3.8, 4) is 17.0 Å². The van der Waals surface area contributed by atoms with Crippen molar-refractivity contribution >= 4 is 11.6 Å². The van der Waals surface area contributed by atoms with Crippen LogP contribution in [0.1, 0.15) is 18.2 Å². The second-order valence-corrected chi connectivity index (χ2v) is 5.11. The van der Waals surface area contributed by atoms with Gasteiger partial charge in [0.2, 0.25) is 0 Å². The molecule has 3 rings (SSSR count). The van der Waals surface area contributed by atoms with Gasteiger partial charge in [0.1, 0.15) is 17.2 Å². The molecule has 0 saturated heterocycles. The maximum absolute atomic E-state index is 12.0. The molecule has 0 radical (unpaired) electrons. The largest absolute Gasteiger partial charge is 0.479 e. The van der Waals surface area contributed by atoms with Gasteiger partial charge in [-0.25, -0.2) is 0 Å². The lowest BCUT2D eigenvalue weighted by Crippen LogP contribution is -2.41. The molecule has 1 aromatic heterocycles. The zero-order chi connectivity index (χ0) is 15.1. The summed E-state index contributed by atoms with van der Waals surface area (Å²) in [5, 5.41) is 4.07. The van der Waals surface area contributed by atoms with E-state index in [9.17, 15) is 4.79 Å². The second kappa shape index (κ2) is 4.89. The van der Waals surface area contributed by atoms with E-state index < -0.39 is 6.10 Å². The molecule has 1 aromatic carbocycles. The van der Waals surface area contributed by atoms with E-state index >= 15 is 0 Å². The van der Waals surface area contributed by atoms with E-state index in [1.807, 2.05) is 25.1 Å². The quantitative estimate of drug-likeness (QED) is 0.911. The van der Waals surface area contributed by atoms with Gasteiger partial charge in [-0.15, -0.1) is 0 Å². The molecule has 6 heteroatoms. The number of carbonyl (C=O) groups excluding carboxylic acids is 1. The number of amides is 1. The maximum atomic E-state index is 12.0. The lowest BCUT2D eigenvalue weighted by atomic mass is 10.0. The molecular weight excluding hydrogens is 270 g/mol. The van der Waals surface area contributed by atoms with Crippen molar-refractivity contribution in [2.75, 3.05) is 11.9 Å². The fourth-order valence-electron chi connectivity index (χ4n) is 2.52. The zero-order valence-electron chi connectivity index (χ0n) is 12.2. The average molecular weight is 287 g/mol. The molecule has 0 spiro atoms. The molecule has 0 saturated carbocycles. The number of aromatic nitrogens is 1. The summed E-state index contributed by atoms with van der Waals surface area (Å²) in [5.41, 5.74) is 8.90. The summed E-state index contributed by atoms with van der Waals surface area (Å²) >= 11 is 0. The summed E-state index contributed by atoms with van der Waals surface area (Å²) < 4.78 is 10.8. The first-order valence-electron chi connectivity index (χ1n) is 6.76. The van der Waals surface area contributed by atoms with Gasteiger partial charge in [-0.2, -0.15) is 0 Å². The molecule has 2 aromatic rings. The minimum absolute atomic E-state index is 0.0740. The second-order valence-electron chi connectivity index (χ2n) is 5.11. The molecule has 2 N–H and O–H groups in total. The number of carbonyl (C=O) groups is 1. The zero-order valence-corrected chi connectivity index (χ0v) is 12.2. The predicted molar refractivity (Wildman–Crippen MR) is 78.1 cm³/mol. The lowest BCUT2D eigenvalue weighted by Gasteiger charge is -2.30. The molecule has 0 aliphatic carbocycles. The summed E-state index contributed by atoms with van der Waals surface area (Å²) in [4.78, 5) is 13.6. The Morgan fingerprint density at radius 2 is 2.19 bits per heavy atom. The van der Waals surface area contributed by atoms with Crippen molar-refractivity contribution in [2.24, 2.45) is 5.73 Å². The van der Waals surface area contributed by atoms with E-state index in [2.05, 4.69) is 5.16 Å². The van der Waals surface area contributed by atoms with Crippen LogP contribution in [-0.4, -0.2) is 24.2 Å². The molecule has 0 fully saturated rings. The minimum atomic E-state index is -0.470. The molecule has 6 nitrogen and oxygen atoms in total. The van der Waals surface area contributed by atoms with Gasteiger partial charge in [0.25, 0.3) is 5.91 Å². The van der Waals surface area contributed by atoms with Crippen LogP contribution in [0, 0.1) is 6.92 Å². The molecule has 110 valence electrons. The standard InChI is InChI=1S/C15H17N3O3/c1-8-11(7-16)14(17-21-8)10-4-5-13-12(6-10)18(3)15(19)9(2)20-13/h4-6,9H,7,16H2,1-3H3. The smallest absolute Gasteiger partial charge is 0.267 e. The number of rotatable bonds is 2. The summed E-state index contributed by atoms with van der Waals surface area (Å²) in [5.74, 6) is 1.32. The van der Waals surface area contributed by atoms with Crippen LogP contribution in [0.4, 0.5) is 5.69 Å². The summed E-state index contributed by atoms with van der Waals surface area (Å²) in [6.07, 6.45) is -0.470. The molecule has 21 heavy (non-hydrogen) atoms. The molecule has 1 atom stereocenters. The topological polar surface area (TPSA) is 81.6 Å². The first kappa shape index (κ1) is 13.6. The Hall–Kier alpha value is -2.34. The van der Waals surface area contributed by atoms with Gasteiger partial charge in [0, 0.05) is 24.7 Å². The molecule has 1 amide bonds. The number of benzene rings is 1. The van der Waals surface area contributed by atoms with E-state index in [4.69, 9.17) is 15.0 Å². The van der Waals surface area contributed by atoms with Crippen molar-refractivity contribution in [1.82, 2.24) is 5.16 Å². The van der Waals surface area contributed by atoms with Gasteiger partial charge in [-0.1, -0.05) is 5.16 Å². The first-order valence-corrected chi connectivity index (χ1v) is 6.76. The van der Waals surface area contributed by atoms with Crippen LogP contribution in [0.2, 0.25) is 0 Å². The Morgan fingerprint density at radius 1 is 1.43 bits per heavy atom. The summed E-state index contributed by atoms with van der Waals surface area (Å²) in [6.45, 7) is 3.92. The Bertz CT molecular complexity index is 708. The number of hydrogen-bond acceptors (Lipinski definition) is 5. The third-order valence-corrected chi connectivity index (χ3v) is 3.76. The van der Waals surface area contributed by atoms with Crippen LogP contribution in [0.5, 0.6) is 5.75 Å². The Labute approximate surface area is 122 Å². The number of hydrogen-bond donors (Lipinski definition) is 1. The van der Waals surface area contributed by atoms with E-state index in [1.165, 1.54) is 0 Å². The number of anilines is 1. The number of nitrogens with zero attached hydrogens (tertiary/aromatic N) is 2. The number of likely N-dealkylation sites (N-methyl/N-ethyl adjacent to an activating group) is 1. The van der Waals surface area contributed by atoms with E-state index in [1.54, 1.807) is 18.9 Å². The van der Waals surface area contributed by atoms with Gasteiger partial charge in [-0.3, -0.25) is 4.79 Å². The summed E-state index contributed by atoms with van der Waals surface area (Å²) in [6, 6.07) is 5.61. The molecule has 1 aliphatic heterocycles. The Morgan fingerprint density at radius 3 is 2.90 bits per heavy atom. The number of aryl methyl sites for hydroxylation is 1. The Balaban J connectivity index is 2.09. The molecule has 1 unspecified atom stereocenters. The van der Waals surface area contributed by atoms with E-state index in [0.29, 0.717) is 23.7 Å². The van der Waals surface area contributed by atoms with Crippen LogP contribution < -0.4 is 15.4 Å². The fraction of sp³-hybridized carbons (Fsp3) is 0.333. The van der Waals surface area contributed by atoms with Crippen molar-refractivity contribution < 1.29 is 14.1 Å². The predicted octanol–water partition coefficient (Wildman–Crippen LogP) is 1.85. The van der Waals surface area contributed by atoms with E-state index in [-0.39, 0.29) is 5.91 Å². The van der Waals surface area contributed by atoms with E-state index in [0.717, 1.165) is 16.8 Å². The fourth-order valence-corrected chi connectivity index (χ4v) is 2.52. The van der Waals surface area contributed by atoms with Gasteiger partial charge in [-0.05, 0) is 32.0 Å². The first-order chi connectivity index (χ1) is 10.0. The normalized spacial score (nSPS) is 17.6. The van der Waals surface area contributed by atoms with Gasteiger partial charge < -0.3 is 19.9 Å². The van der Waals surface area contributed by atoms with Crippen LogP contribution in [0.3, 0.4) is 0 Å². The monoisotopic (exact) mass is 287 g/mol. The molecule has 2 heterocycles. The van der Waals surface area contributed by atoms with Crippen molar-refractivity contribution in [3.05, 3.63) is 29.5 Å². The summed E-state index contributed by atoms with van der Waals surface area (Å²) in [7, 11) is 1.74. The highest BCUT2D eigenvalue weighted by Crippen LogP contribution is 2.37. The van der Waals surface area contributed by atoms with Crippen molar-refractivity contribution in [2.45, 2.75) is 26.5 Å². The van der Waals surface area contributed by atoms with Crippen LogP contribution in [-0.2, 0) is 11.3 Å². The number of fused-ring (bicyclic) bond motifs is 1. The lowest BCUT2D eigenvalue weighted by molar-refractivity contribution is -0.125. The Kier molecular flexibility index (Phi) is 3.17. The van der Waals surface area contributed by atoms with Crippen molar-refractivity contribution in [3.63, 3.8) is 0 Å². The van der Waals surface area contributed by atoms with Gasteiger partial charge in [0.05, 0.1) is 5.69 Å².